The van der Waals surface area contributed by atoms with Crippen LogP contribution in [-0.2, 0) is 0 Å². The third-order valence-corrected chi connectivity index (χ3v) is 4.73. The maximum Gasteiger partial charge on any atom is 0.0804 e. The van der Waals surface area contributed by atoms with Crippen LogP contribution in [0, 0.1) is 16.7 Å². The Hall–Kier alpha value is -0.570. The average molecular weight is 182 g/mol. The molecule has 3 heteroatoms. The normalized spacial score (nSPS) is 50.3. The van der Waals surface area contributed by atoms with Crippen LogP contribution in [0.4, 0.5) is 0 Å². The van der Waals surface area contributed by atoms with Crippen LogP contribution in [0.25, 0.3) is 0 Å². The van der Waals surface area contributed by atoms with Crippen molar-refractivity contribution in [3.05, 3.63) is 0 Å². The summed E-state index contributed by atoms with van der Waals surface area (Å²) in [7, 11) is 0. The van der Waals surface area contributed by atoms with Gasteiger partial charge in [0.05, 0.1) is 11.8 Å². The van der Waals surface area contributed by atoms with Gasteiger partial charge in [0, 0.05) is 5.41 Å². The second-order valence-corrected chi connectivity index (χ2v) is 5.21. The summed E-state index contributed by atoms with van der Waals surface area (Å²) in [4.78, 5) is 0. The van der Waals surface area contributed by atoms with Crippen molar-refractivity contribution < 1.29 is 5.21 Å². The van der Waals surface area contributed by atoms with Crippen molar-refractivity contribution in [1.82, 2.24) is 0 Å². The topological polar surface area (TPSA) is 58.6 Å². The fourth-order valence-electron chi connectivity index (χ4n) is 3.36. The molecule has 3 N–H and O–H groups in total. The van der Waals surface area contributed by atoms with Crippen LogP contribution in [0.5, 0.6) is 0 Å². The first-order valence-corrected chi connectivity index (χ1v) is 4.93. The zero-order valence-electron chi connectivity index (χ0n) is 8.54. The van der Waals surface area contributed by atoms with Crippen molar-refractivity contribution in [3.8, 4) is 0 Å². The highest BCUT2D eigenvalue weighted by molar-refractivity contribution is 5.98. The molecule has 0 aromatic rings. The van der Waals surface area contributed by atoms with E-state index < -0.39 is 0 Å². The minimum atomic E-state index is -0.0289. The molecular formula is C10H18N2O. The van der Waals surface area contributed by atoms with Crippen LogP contribution < -0.4 is 5.73 Å². The molecule has 2 fully saturated rings. The van der Waals surface area contributed by atoms with E-state index >= 15 is 0 Å². The molecule has 0 spiro atoms. The fraction of sp³-hybridized carbons (Fsp3) is 0.900. The summed E-state index contributed by atoms with van der Waals surface area (Å²) >= 11 is 0. The molecule has 2 aliphatic rings. The van der Waals surface area contributed by atoms with Gasteiger partial charge in [-0.2, -0.15) is 0 Å². The molecule has 3 atom stereocenters. The molecule has 0 unspecified atom stereocenters. The van der Waals surface area contributed by atoms with Gasteiger partial charge in [-0.15, -0.1) is 0 Å². The lowest BCUT2D eigenvalue weighted by molar-refractivity contribution is 0.186. The van der Waals surface area contributed by atoms with Crippen LogP contribution in [0.3, 0.4) is 0 Å². The molecule has 2 saturated carbocycles. The van der Waals surface area contributed by atoms with Gasteiger partial charge in [0.1, 0.15) is 0 Å². The molecule has 0 heterocycles. The van der Waals surface area contributed by atoms with Crippen LogP contribution in [-0.4, -0.2) is 17.0 Å². The van der Waals surface area contributed by atoms with Crippen molar-refractivity contribution in [2.24, 2.45) is 27.6 Å². The molecule has 13 heavy (non-hydrogen) atoms. The fourth-order valence-corrected chi connectivity index (χ4v) is 3.36. The Morgan fingerprint density at radius 1 is 1.46 bits per heavy atom. The van der Waals surface area contributed by atoms with Gasteiger partial charge >= 0.3 is 0 Å². The summed E-state index contributed by atoms with van der Waals surface area (Å²) in [6.45, 7) is 6.65. The molecule has 2 rings (SSSR count). The average Bonchev–Trinajstić information content (AvgIpc) is 2.32. The number of rotatable bonds is 0. The van der Waals surface area contributed by atoms with Crippen LogP contribution in [0.2, 0.25) is 0 Å². The van der Waals surface area contributed by atoms with Crippen molar-refractivity contribution in [2.45, 2.75) is 39.7 Å². The monoisotopic (exact) mass is 182 g/mol. The summed E-state index contributed by atoms with van der Waals surface area (Å²) in [6, 6.07) is -0.0289. The molecule has 0 aliphatic heterocycles. The Morgan fingerprint density at radius 3 is 2.38 bits per heavy atom. The molecule has 0 saturated heterocycles. The van der Waals surface area contributed by atoms with E-state index in [1.807, 2.05) is 0 Å². The summed E-state index contributed by atoms with van der Waals surface area (Å²) in [5, 5.41) is 12.4. The van der Waals surface area contributed by atoms with Crippen LogP contribution in [0.1, 0.15) is 33.6 Å². The van der Waals surface area contributed by atoms with E-state index in [2.05, 4.69) is 25.9 Å². The van der Waals surface area contributed by atoms with Crippen LogP contribution >= 0.6 is 0 Å². The molecule has 3 nitrogen and oxygen atoms in total. The molecule has 74 valence electrons. The maximum atomic E-state index is 8.96. The molecule has 2 bridgehead atoms. The molecule has 2 aliphatic carbocycles. The lowest BCUT2D eigenvalue weighted by Gasteiger charge is -2.33. The quantitative estimate of drug-likeness (QED) is 0.441. The van der Waals surface area contributed by atoms with Crippen molar-refractivity contribution in [1.29, 1.82) is 0 Å². The predicted molar refractivity (Wildman–Crippen MR) is 51.8 cm³/mol. The molecule has 0 amide bonds. The van der Waals surface area contributed by atoms with Gasteiger partial charge in [0.15, 0.2) is 0 Å². The van der Waals surface area contributed by atoms with Crippen molar-refractivity contribution in [2.75, 3.05) is 0 Å². The number of hydrogen-bond acceptors (Lipinski definition) is 3. The first-order chi connectivity index (χ1) is 5.95. The molecule has 0 aromatic carbocycles. The third-order valence-electron chi connectivity index (χ3n) is 4.73. The first kappa shape index (κ1) is 9.00. The van der Waals surface area contributed by atoms with Gasteiger partial charge in [-0.1, -0.05) is 25.9 Å². The molecular weight excluding hydrogens is 164 g/mol. The third kappa shape index (κ3) is 0.766. The smallest absolute Gasteiger partial charge is 0.0804 e. The van der Waals surface area contributed by atoms with Crippen molar-refractivity contribution >= 4 is 5.71 Å². The second-order valence-electron chi connectivity index (χ2n) is 5.21. The number of nitrogens with two attached hydrogens (primary N) is 1. The van der Waals surface area contributed by atoms with Crippen LogP contribution in [0.15, 0.2) is 5.16 Å². The number of hydrogen-bond donors (Lipinski definition) is 2. The zero-order chi connectivity index (χ0) is 9.85. The van der Waals surface area contributed by atoms with E-state index in [1.165, 1.54) is 6.42 Å². The van der Waals surface area contributed by atoms with Gasteiger partial charge in [0.25, 0.3) is 0 Å². The highest BCUT2D eigenvalue weighted by Gasteiger charge is 2.64. The largest absolute Gasteiger partial charge is 0.411 e. The maximum absolute atomic E-state index is 8.96. The van der Waals surface area contributed by atoms with E-state index in [0.29, 0.717) is 5.92 Å². The van der Waals surface area contributed by atoms with Gasteiger partial charge < -0.3 is 10.9 Å². The Balaban J connectivity index is 2.52. The predicted octanol–water partition coefficient (Wildman–Crippen LogP) is 1.60. The second kappa shape index (κ2) is 2.27. The minimum Gasteiger partial charge on any atom is -0.411 e. The Labute approximate surface area is 79.0 Å². The van der Waals surface area contributed by atoms with E-state index in [0.717, 1.165) is 12.1 Å². The lowest BCUT2D eigenvalue weighted by atomic mass is 9.70. The highest BCUT2D eigenvalue weighted by Crippen LogP contribution is 2.63. The minimum absolute atomic E-state index is 0.0197. The van der Waals surface area contributed by atoms with Gasteiger partial charge in [-0.3, -0.25) is 0 Å². The number of nitrogens with zero attached hydrogens (tertiary/aromatic N) is 1. The zero-order valence-corrected chi connectivity index (χ0v) is 8.54. The van der Waals surface area contributed by atoms with Gasteiger partial charge in [-0.05, 0) is 24.2 Å². The summed E-state index contributed by atoms with van der Waals surface area (Å²) in [6.07, 6.45) is 2.28. The Kier molecular flexibility index (Phi) is 1.57. The number of fused-ring (bicyclic) bond motifs is 2. The van der Waals surface area contributed by atoms with Gasteiger partial charge in [-0.25, -0.2) is 0 Å². The molecule has 0 aromatic heterocycles. The Morgan fingerprint density at radius 2 is 2.08 bits per heavy atom. The van der Waals surface area contributed by atoms with Crippen molar-refractivity contribution in [3.63, 3.8) is 0 Å². The van der Waals surface area contributed by atoms with E-state index in [-0.39, 0.29) is 16.9 Å². The summed E-state index contributed by atoms with van der Waals surface area (Å²) in [5.41, 5.74) is 7.07. The standard InChI is InChI=1S/C10H18N2O/c1-9(2)6-4-5-10(9,3)8(12-13)7(6)11/h6-7,13H,4-5,11H2,1-3H3/b12-8-/t6-,7-,10+/m1/s1. The highest BCUT2D eigenvalue weighted by atomic mass is 16.4. The van der Waals surface area contributed by atoms with E-state index in [1.54, 1.807) is 0 Å². The van der Waals surface area contributed by atoms with E-state index in [4.69, 9.17) is 10.9 Å². The lowest BCUT2D eigenvalue weighted by Crippen LogP contribution is -2.39. The number of oxime groups is 1. The summed E-state index contributed by atoms with van der Waals surface area (Å²) < 4.78 is 0. The SMILES string of the molecule is CC1(C)[C@@H]2CC[C@@]1(C)/C(=N\O)[C@@H]2N. The van der Waals surface area contributed by atoms with E-state index in [9.17, 15) is 0 Å². The summed E-state index contributed by atoms with van der Waals surface area (Å²) in [5.74, 6) is 0.489. The Bertz CT molecular complexity index is 272. The first-order valence-electron chi connectivity index (χ1n) is 4.93. The molecule has 0 radical (unpaired) electrons. The van der Waals surface area contributed by atoms with Gasteiger partial charge in [0.2, 0.25) is 0 Å².